The number of imidazole rings is 1. The predicted molar refractivity (Wildman–Crippen MR) is 161 cm³/mol. The van der Waals surface area contributed by atoms with Gasteiger partial charge in [0.15, 0.2) is 5.54 Å². The highest BCUT2D eigenvalue weighted by Gasteiger charge is 2.42. The lowest BCUT2D eigenvalue weighted by Crippen LogP contribution is -2.40. The summed E-state index contributed by atoms with van der Waals surface area (Å²) in [6.07, 6.45) is 9.46. The van der Waals surface area contributed by atoms with Gasteiger partial charge in [0, 0.05) is 41.3 Å². The molecule has 0 bridgehead atoms. The second-order valence-electron chi connectivity index (χ2n) is 10.6. The Kier molecular flexibility index (Phi) is 6.29. The van der Waals surface area contributed by atoms with Crippen molar-refractivity contribution in [3.8, 4) is 11.1 Å². The van der Waals surface area contributed by atoms with Crippen LogP contribution >= 0.6 is 23.2 Å². The van der Waals surface area contributed by atoms with E-state index in [2.05, 4.69) is 33.5 Å². The molecule has 3 aromatic carbocycles. The van der Waals surface area contributed by atoms with E-state index >= 15 is 0 Å². The Balaban J connectivity index is 1.59. The van der Waals surface area contributed by atoms with Gasteiger partial charge in [-0.15, -0.1) is 5.10 Å². The van der Waals surface area contributed by atoms with Crippen molar-refractivity contribution in [2.24, 2.45) is 13.0 Å². The molecule has 0 saturated heterocycles. The molecule has 3 heterocycles. The molecular weight excluding hydrogens is 555 g/mol. The quantitative estimate of drug-likeness (QED) is 0.214. The molecule has 1 atom stereocenters. The maximum Gasteiger partial charge on any atom is 0.251 e. The van der Waals surface area contributed by atoms with Crippen molar-refractivity contribution in [2.45, 2.75) is 24.9 Å². The van der Waals surface area contributed by atoms with Gasteiger partial charge in [-0.25, -0.2) is 9.67 Å². The maximum atomic E-state index is 13.5. The van der Waals surface area contributed by atoms with Crippen molar-refractivity contribution in [3.63, 3.8) is 0 Å². The minimum atomic E-state index is -0.941. The van der Waals surface area contributed by atoms with E-state index in [9.17, 15) is 4.79 Å². The third-order valence-corrected chi connectivity index (χ3v) is 8.51. The summed E-state index contributed by atoms with van der Waals surface area (Å²) in [6.45, 7) is 0.706. The molecule has 0 N–H and O–H groups in total. The van der Waals surface area contributed by atoms with Crippen LogP contribution in [-0.2, 0) is 19.1 Å². The molecule has 0 aliphatic heterocycles. The van der Waals surface area contributed by atoms with E-state index in [4.69, 9.17) is 23.2 Å². The molecule has 6 aromatic rings. The summed E-state index contributed by atoms with van der Waals surface area (Å²) in [4.78, 5) is 18.0. The molecule has 0 radical (unpaired) electrons. The number of aryl methyl sites for hydroxylation is 1. The number of hydrogen-bond donors (Lipinski definition) is 0. The van der Waals surface area contributed by atoms with Crippen LogP contribution in [0.1, 0.15) is 29.7 Å². The first-order valence-corrected chi connectivity index (χ1v) is 14.2. The SMILES string of the molecule is Cn1cncc1C(c1ccc(Cl)cc1)(c1ccc2c(c1)c(-c1cccc(Cl)c1)cc(=O)n2CC1CC1)n1ccnn1. The Labute approximate surface area is 246 Å². The molecule has 1 saturated carbocycles. The predicted octanol–water partition coefficient (Wildman–Crippen LogP) is 6.55. The van der Waals surface area contributed by atoms with Gasteiger partial charge < -0.3 is 9.13 Å². The van der Waals surface area contributed by atoms with Gasteiger partial charge in [0.05, 0.1) is 29.9 Å². The Morgan fingerprint density at radius 3 is 2.44 bits per heavy atom. The van der Waals surface area contributed by atoms with Crippen LogP contribution in [0.4, 0.5) is 0 Å². The average molecular weight is 582 g/mol. The summed E-state index contributed by atoms with van der Waals surface area (Å²) in [5, 5.41) is 10.9. The highest BCUT2D eigenvalue weighted by Crippen LogP contribution is 2.42. The molecule has 1 fully saturated rings. The molecule has 7 nitrogen and oxygen atoms in total. The lowest BCUT2D eigenvalue weighted by atomic mass is 9.79. The largest absolute Gasteiger partial charge is 0.335 e. The molecule has 7 rings (SSSR count). The molecule has 1 aliphatic rings. The number of aromatic nitrogens is 6. The van der Waals surface area contributed by atoms with Crippen molar-refractivity contribution in [1.29, 1.82) is 0 Å². The molecule has 1 aliphatic carbocycles. The Bertz CT molecular complexity index is 1940. The topological polar surface area (TPSA) is 70.5 Å². The number of benzene rings is 3. The van der Waals surface area contributed by atoms with E-state index in [-0.39, 0.29) is 5.56 Å². The van der Waals surface area contributed by atoms with Crippen LogP contribution in [0.3, 0.4) is 0 Å². The lowest BCUT2D eigenvalue weighted by Gasteiger charge is -2.35. The molecule has 204 valence electrons. The second kappa shape index (κ2) is 10.0. The van der Waals surface area contributed by atoms with E-state index < -0.39 is 5.54 Å². The maximum absolute atomic E-state index is 13.5. The number of halogens is 2. The molecule has 0 amide bonds. The first-order valence-electron chi connectivity index (χ1n) is 13.5. The van der Waals surface area contributed by atoms with Crippen LogP contribution in [0.5, 0.6) is 0 Å². The van der Waals surface area contributed by atoms with E-state index in [1.807, 2.05) is 81.8 Å². The molecule has 1 unspecified atom stereocenters. The molecule has 3 aromatic heterocycles. The van der Waals surface area contributed by atoms with Crippen LogP contribution in [0.25, 0.3) is 22.0 Å². The minimum absolute atomic E-state index is 0.0148. The summed E-state index contributed by atoms with van der Waals surface area (Å²) in [7, 11) is 1.97. The minimum Gasteiger partial charge on any atom is -0.335 e. The van der Waals surface area contributed by atoms with Crippen molar-refractivity contribution >= 4 is 34.1 Å². The van der Waals surface area contributed by atoms with Crippen molar-refractivity contribution < 1.29 is 0 Å². The summed E-state index contributed by atoms with van der Waals surface area (Å²) >= 11 is 12.8. The van der Waals surface area contributed by atoms with E-state index in [1.165, 1.54) is 0 Å². The van der Waals surface area contributed by atoms with Crippen molar-refractivity contribution in [3.05, 3.63) is 135 Å². The van der Waals surface area contributed by atoms with Crippen LogP contribution in [0.15, 0.2) is 103 Å². The summed E-state index contributed by atoms with van der Waals surface area (Å²) in [5.41, 5.74) is 4.40. The van der Waals surface area contributed by atoms with E-state index in [0.29, 0.717) is 22.5 Å². The van der Waals surface area contributed by atoms with Gasteiger partial charge in [0.1, 0.15) is 0 Å². The molecule has 9 heteroatoms. The molecular formula is C32H26Cl2N6O. The highest BCUT2D eigenvalue weighted by molar-refractivity contribution is 6.31. The van der Waals surface area contributed by atoms with Gasteiger partial charge in [0.2, 0.25) is 0 Å². The van der Waals surface area contributed by atoms with Crippen LogP contribution in [0, 0.1) is 5.92 Å². The van der Waals surface area contributed by atoms with Gasteiger partial charge in [-0.2, -0.15) is 0 Å². The Morgan fingerprint density at radius 1 is 0.951 bits per heavy atom. The molecule has 0 spiro atoms. The van der Waals surface area contributed by atoms with Crippen LogP contribution in [-0.4, -0.2) is 29.1 Å². The lowest BCUT2D eigenvalue weighted by molar-refractivity contribution is 0.425. The second-order valence-corrected chi connectivity index (χ2v) is 11.5. The standard InChI is InChI=1S/C32H26Cl2N6O/c1-38-20-35-18-30(38)32(40-14-13-36-37-40,23-7-10-25(33)11-8-23)24-9-12-29-28(16-24)27(22-3-2-4-26(34)15-22)17-31(41)39(29)19-21-5-6-21/h2-4,7-18,20-21H,5-6,19H2,1H3. The summed E-state index contributed by atoms with van der Waals surface area (Å²) in [5.74, 6) is 0.533. The monoisotopic (exact) mass is 580 g/mol. The Hall–Kier alpha value is -4.20. The number of fused-ring (bicyclic) bond motifs is 1. The zero-order valence-corrected chi connectivity index (χ0v) is 23.8. The summed E-state index contributed by atoms with van der Waals surface area (Å²) < 4.78 is 5.76. The van der Waals surface area contributed by atoms with Crippen LogP contribution in [0.2, 0.25) is 10.0 Å². The van der Waals surface area contributed by atoms with Gasteiger partial charge >= 0.3 is 0 Å². The fourth-order valence-corrected chi connectivity index (χ4v) is 6.20. The van der Waals surface area contributed by atoms with E-state index in [0.717, 1.165) is 51.7 Å². The molecule has 41 heavy (non-hydrogen) atoms. The fourth-order valence-electron chi connectivity index (χ4n) is 5.88. The van der Waals surface area contributed by atoms with Crippen LogP contribution < -0.4 is 5.56 Å². The van der Waals surface area contributed by atoms with Gasteiger partial charge in [-0.05, 0) is 77.4 Å². The van der Waals surface area contributed by atoms with Gasteiger partial charge in [-0.3, -0.25) is 4.79 Å². The van der Waals surface area contributed by atoms with Gasteiger partial charge in [0.25, 0.3) is 5.56 Å². The first-order chi connectivity index (χ1) is 19.9. The normalized spacial score (nSPS) is 14.8. The third kappa shape index (κ3) is 4.36. The Morgan fingerprint density at radius 2 is 1.76 bits per heavy atom. The average Bonchev–Trinajstić information content (AvgIpc) is 3.42. The number of rotatable bonds is 7. The third-order valence-electron chi connectivity index (χ3n) is 8.02. The van der Waals surface area contributed by atoms with Crippen molar-refractivity contribution in [1.82, 2.24) is 29.1 Å². The smallest absolute Gasteiger partial charge is 0.251 e. The first kappa shape index (κ1) is 25.7. The zero-order chi connectivity index (χ0) is 28.1. The number of pyridine rings is 1. The number of nitrogens with zero attached hydrogens (tertiary/aromatic N) is 6. The fraction of sp³-hybridized carbons (Fsp3) is 0.188. The highest BCUT2D eigenvalue weighted by atomic mass is 35.5. The van der Waals surface area contributed by atoms with E-state index in [1.54, 1.807) is 18.6 Å². The number of hydrogen-bond acceptors (Lipinski definition) is 4. The summed E-state index contributed by atoms with van der Waals surface area (Å²) in [6, 6.07) is 23.5. The zero-order valence-electron chi connectivity index (χ0n) is 22.3. The van der Waals surface area contributed by atoms with Crippen molar-refractivity contribution in [2.75, 3.05) is 0 Å². The van der Waals surface area contributed by atoms with Gasteiger partial charge in [-0.1, -0.05) is 58.7 Å².